The summed E-state index contributed by atoms with van der Waals surface area (Å²) in [7, 11) is 1.41. The maximum atomic E-state index is 13.4. The first-order chi connectivity index (χ1) is 11.7. The van der Waals surface area contributed by atoms with Crippen molar-refractivity contribution in [2.24, 2.45) is 11.8 Å². The van der Waals surface area contributed by atoms with Crippen LogP contribution in [-0.4, -0.2) is 30.3 Å². The number of alkyl halides is 3. The number of nitrogens with one attached hydrogen (secondary N) is 1. The summed E-state index contributed by atoms with van der Waals surface area (Å²) in [6.45, 7) is 0. The molecule has 1 aromatic carbocycles. The molecule has 1 aliphatic carbocycles. The molecule has 2 rings (SSSR count). The van der Waals surface area contributed by atoms with Crippen molar-refractivity contribution < 1.29 is 32.6 Å². The van der Waals surface area contributed by atoms with Gasteiger partial charge in [-0.15, -0.1) is 0 Å². The molecule has 1 aromatic rings. The Morgan fingerprint density at radius 2 is 1.64 bits per heavy atom. The predicted octanol–water partition coefficient (Wildman–Crippen LogP) is 3.31. The lowest BCUT2D eigenvalue weighted by atomic mass is 9.81. The van der Waals surface area contributed by atoms with E-state index in [1.54, 1.807) is 0 Å². The maximum Gasteiger partial charge on any atom is 0.412 e. The molecule has 1 saturated carbocycles. The minimum atomic E-state index is -4.64. The number of carboxylic acid groups (broad SMARTS) is 1. The van der Waals surface area contributed by atoms with E-state index in [0.717, 1.165) is 0 Å². The van der Waals surface area contributed by atoms with Gasteiger partial charge in [-0.05, 0) is 43.4 Å². The average Bonchev–Trinajstić information content (AvgIpc) is 2.58. The number of carboxylic acids is 1. The molecule has 0 aromatic heterocycles. The highest BCUT2D eigenvalue weighted by Gasteiger charge is 2.43. The van der Waals surface area contributed by atoms with Crippen LogP contribution in [0.2, 0.25) is 0 Å². The van der Waals surface area contributed by atoms with E-state index in [0.29, 0.717) is 18.6 Å². The molecular weight excluding hydrogens is 339 g/mol. The summed E-state index contributed by atoms with van der Waals surface area (Å²) < 4.78 is 45.0. The van der Waals surface area contributed by atoms with Gasteiger partial charge >= 0.3 is 12.1 Å². The van der Waals surface area contributed by atoms with Crippen molar-refractivity contribution >= 4 is 11.9 Å². The third-order valence-corrected chi connectivity index (χ3v) is 4.51. The third-order valence-electron chi connectivity index (χ3n) is 4.51. The van der Waals surface area contributed by atoms with Gasteiger partial charge in [0.2, 0.25) is 5.91 Å². The smallest absolute Gasteiger partial charge is 0.412 e. The lowest BCUT2D eigenvalue weighted by molar-refractivity contribution is -0.165. The van der Waals surface area contributed by atoms with E-state index in [-0.39, 0.29) is 18.4 Å². The average molecular weight is 359 g/mol. The Morgan fingerprint density at radius 1 is 1.12 bits per heavy atom. The summed E-state index contributed by atoms with van der Waals surface area (Å²) in [6.07, 6.45) is -3.49. The molecule has 0 heterocycles. The second-order valence-corrected chi connectivity index (χ2v) is 6.14. The van der Waals surface area contributed by atoms with Crippen LogP contribution >= 0.6 is 0 Å². The van der Waals surface area contributed by atoms with Crippen molar-refractivity contribution in [3.05, 3.63) is 29.8 Å². The summed E-state index contributed by atoms with van der Waals surface area (Å²) >= 11 is 0. The highest BCUT2D eigenvalue weighted by atomic mass is 19.4. The molecule has 0 spiro atoms. The topological polar surface area (TPSA) is 75.6 Å². The van der Waals surface area contributed by atoms with E-state index in [9.17, 15) is 22.8 Å². The minimum absolute atomic E-state index is 0.0825. The van der Waals surface area contributed by atoms with Crippen molar-refractivity contribution in [2.75, 3.05) is 7.11 Å². The zero-order valence-corrected chi connectivity index (χ0v) is 13.7. The quantitative estimate of drug-likeness (QED) is 0.846. The van der Waals surface area contributed by atoms with Crippen molar-refractivity contribution in [3.63, 3.8) is 0 Å². The molecule has 1 fully saturated rings. The van der Waals surface area contributed by atoms with Gasteiger partial charge in [0, 0.05) is 5.92 Å². The second kappa shape index (κ2) is 7.76. The molecular formula is C17H20F3NO4. The molecule has 1 aliphatic rings. The first-order valence-corrected chi connectivity index (χ1v) is 7.96. The lowest BCUT2D eigenvalue weighted by Crippen LogP contribution is -2.42. The normalized spacial score (nSPS) is 22.1. The van der Waals surface area contributed by atoms with Crippen molar-refractivity contribution in [1.82, 2.24) is 5.32 Å². The van der Waals surface area contributed by atoms with E-state index in [1.165, 1.54) is 31.4 Å². The SMILES string of the molecule is COc1ccc(C(NC(=O)C2CCC(C(=O)O)CC2)C(F)(F)F)cc1. The standard InChI is InChI=1S/C17H20F3NO4/c1-25-13-8-6-10(7-9-13)14(17(18,19)20)21-15(22)11-2-4-12(5-3-11)16(23)24/h6-9,11-12,14H,2-5H2,1H3,(H,21,22)(H,23,24). The van der Waals surface area contributed by atoms with Gasteiger partial charge in [0.1, 0.15) is 5.75 Å². The maximum absolute atomic E-state index is 13.4. The van der Waals surface area contributed by atoms with Gasteiger partial charge in [0.05, 0.1) is 13.0 Å². The first kappa shape index (κ1) is 19.1. The van der Waals surface area contributed by atoms with Gasteiger partial charge in [-0.3, -0.25) is 9.59 Å². The molecule has 25 heavy (non-hydrogen) atoms. The molecule has 0 radical (unpaired) electrons. The largest absolute Gasteiger partial charge is 0.497 e. The van der Waals surface area contributed by atoms with Gasteiger partial charge in [-0.2, -0.15) is 13.2 Å². The summed E-state index contributed by atoms with van der Waals surface area (Å²) in [5.41, 5.74) is -0.0825. The molecule has 138 valence electrons. The van der Waals surface area contributed by atoms with Crippen LogP contribution in [0.1, 0.15) is 37.3 Å². The number of aliphatic carboxylic acids is 1. The summed E-state index contributed by atoms with van der Waals surface area (Å²) in [4.78, 5) is 23.2. The molecule has 1 amide bonds. The highest BCUT2D eigenvalue weighted by Crippen LogP contribution is 2.35. The van der Waals surface area contributed by atoms with Crippen LogP contribution in [0.15, 0.2) is 24.3 Å². The van der Waals surface area contributed by atoms with Crippen LogP contribution in [-0.2, 0) is 9.59 Å². The second-order valence-electron chi connectivity index (χ2n) is 6.14. The third kappa shape index (κ3) is 4.87. The Labute approximate surface area is 143 Å². The minimum Gasteiger partial charge on any atom is -0.497 e. The Hall–Kier alpha value is -2.25. The van der Waals surface area contributed by atoms with Crippen LogP contribution < -0.4 is 10.1 Å². The number of benzene rings is 1. The molecule has 2 N–H and O–H groups in total. The monoisotopic (exact) mass is 359 g/mol. The number of amides is 1. The van der Waals surface area contributed by atoms with E-state index in [4.69, 9.17) is 9.84 Å². The molecule has 8 heteroatoms. The van der Waals surface area contributed by atoms with Crippen LogP contribution in [0.3, 0.4) is 0 Å². The number of hydrogen-bond donors (Lipinski definition) is 2. The molecule has 0 aliphatic heterocycles. The van der Waals surface area contributed by atoms with Crippen LogP contribution in [0.4, 0.5) is 13.2 Å². The fourth-order valence-electron chi connectivity index (χ4n) is 3.01. The van der Waals surface area contributed by atoms with Gasteiger partial charge in [-0.25, -0.2) is 0 Å². The van der Waals surface area contributed by atoms with Crippen LogP contribution in [0.5, 0.6) is 5.75 Å². The van der Waals surface area contributed by atoms with Gasteiger partial charge in [0.15, 0.2) is 6.04 Å². The number of carbonyl (C=O) groups is 2. The fourth-order valence-corrected chi connectivity index (χ4v) is 3.01. The zero-order valence-electron chi connectivity index (χ0n) is 13.7. The zero-order chi connectivity index (χ0) is 18.6. The number of halogens is 3. The Morgan fingerprint density at radius 3 is 2.08 bits per heavy atom. The van der Waals surface area contributed by atoms with Gasteiger partial charge < -0.3 is 15.2 Å². The van der Waals surface area contributed by atoms with Crippen molar-refractivity contribution in [2.45, 2.75) is 37.9 Å². The molecule has 0 bridgehead atoms. The van der Waals surface area contributed by atoms with Crippen molar-refractivity contribution in [3.8, 4) is 5.75 Å². The Kier molecular flexibility index (Phi) is 5.92. The Balaban J connectivity index is 2.07. The number of ether oxygens (including phenoxy) is 1. The van der Waals surface area contributed by atoms with E-state index < -0.39 is 35.9 Å². The molecule has 1 atom stereocenters. The Bertz CT molecular complexity index is 607. The van der Waals surface area contributed by atoms with E-state index >= 15 is 0 Å². The van der Waals surface area contributed by atoms with Crippen LogP contribution in [0, 0.1) is 11.8 Å². The number of rotatable bonds is 5. The first-order valence-electron chi connectivity index (χ1n) is 7.96. The summed E-state index contributed by atoms with van der Waals surface area (Å²) in [5, 5.41) is 11.0. The summed E-state index contributed by atoms with van der Waals surface area (Å²) in [6, 6.07) is 3.22. The van der Waals surface area contributed by atoms with Gasteiger partial charge in [-0.1, -0.05) is 12.1 Å². The fraction of sp³-hybridized carbons (Fsp3) is 0.529. The molecule has 5 nitrogen and oxygen atoms in total. The van der Waals surface area contributed by atoms with E-state index in [1.807, 2.05) is 0 Å². The molecule has 0 saturated heterocycles. The highest BCUT2D eigenvalue weighted by molar-refractivity contribution is 5.80. The van der Waals surface area contributed by atoms with E-state index in [2.05, 4.69) is 5.32 Å². The number of hydrogen-bond acceptors (Lipinski definition) is 3. The summed E-state index contributed by atoms with van der Waals surface area (Å²) in [5.74, 6) is -2.32. The van der Waals surface area contributed by atoms with Crippen molar-refractivity contribution in [1.29, 1.82) is 0 Å². The lowest BCUT2D eigenvalue weighted by Gasteiger charge is -2.28. The van der Waals surface area contributed by atoms with Crippen LogP contribution in [0.25, 0.3) is 0 Å². The molecule has 1 unspecified atom stereocenters. The number of carbonyl (C=O) groups excluding carboxylic acids is 1. The predicted molar refractivity (Wildman–Crippen MR) is 83.0 cm³/mol. The van der Waals surface area contributed by atoms with Gasteiger partial charge in [0.25, 0.3) is 0 Å². The number of methoxy groups -OCH3 is 1.